The molecule has 0 amide bonds. The summed E-state index contributed by atoms with van der Waals surface area (Å²) in [4.78, 5) is 15.4. The maximum absolute atomic E-state index is 11.0. The van der Waals surface area contributed by atoms with Crippen molar-refractivity contribution in [2.45, 2.75) is 20.8 Å². The Morgan fingerprint density at radius 1 is 1.75 bits per heavy atom. The van der Waals surface area contributed by atoms with Crippen LogP contribution in [0.4, 0.5) is 0 Å². The first-order chi connectivity index (χ1) is 5.57. The zero-order valence-corrected chi connectivity index (χ0v) is 8.35. The van der Waals surface area contributed by atoms with E-state index in [0.29, 0.717) is 11.6 Å². The van der Waals surface area contributed by atoms with Crippen molar-refractivity contribution in [3.8, 4) is 0 Å². The number of hydrogen-bond donors (Lipinski definition) is 0. The van der Waals surface area contributed by atoms with E-state index in [0.717, 1.165) is 0 Å². The lowest BCUT2D eigenvalue weighted by Gasteiger charge is -2.03. The number of rotatable bonds is 3. The summed E-state index contributed by atoms with van der Waals surface area (Å²) in [7, 11) is 0. The molecule has 0 bridgehead atoms. The Hall–Kier alpha value is -0.770. The second-order valence-corrected chi connectivity index (χ2v) is 2.93. The molecule has 0 rings (SSSR count). The van der Waals surface area contributed by atoms with Gasteiger partial charge >= 0.3 is 5.97 Å². The normalized spacial score (nSPS) is 12.9. The third kappa shape index (κ3) is 4.96. The Morgan fingerprint density at radius 2 is 2.33 bits per heavy atom. The second kappa shape index (κ2) is 5.83. The van der Waals surface area contributed by atoms with Crippen LogP contribution in [0.25, 0.3) is 0 Å². The molecule has 0 N–H and O–H groups in total. The Labute approximate surface area is 77.8 Å². The van der Waals surface area contributed by atoms with Gasteiger partial charge in [-0.1, -0.05) is 12.2 Å². The lowest BCUT2D eigenvalue weighted by atomic mass is 10.2. The van der Waals surface area contributed by atoms with Gasteiger partial charge in [0.2, 0.25) is 0 Å². The molecular weight excluding hydrogens is 174 g/mol. The minimum atomic E-state index is -0.317. The number of carbonyl (C=O) groups excluding carboxylic acids is 1. The van der Waals surface area contributed by atoms with Crippen molar-refractivity contribution in [2.24, 2.45) is 10.9 Å². The number of esters is 1. The number of hydrogen-bond acceptors (Lipinski definition) is 3. The molecule has 0 heterocycles. The first-order valence-corrected chi connectivity index (χ1v) is 4.20. The second-order valence-electron chi connectivity index (χ2n) is 2.34. The van der Waals surface area contributed by atoms with Crippen molar-refractivity contribution >= 4 is 29.4 Å². The number of aliphatic imine (C=N–C) groups is 1. The van der Waals surface area contributed by atoms with Crippen molar-refractivity contribution < 1.29 is 9.53 Å². The molecule has 0 aromatic rings. The standard InChI is InChI=1S/C8H13NO2S/c1-4-11-8(10)6(2)5-9-7(3)12/h5-6H,4H2,1-3H3. The van der Waals surface area contributed by atoms with Crippen molar-refractivity contribution in [3.63, 3.8) is 0 Å². The highest BCUT2D eigenvalue weighted by molar-refractivity contribution is 7.80. The summed E-state index contributed by atoms with van der Waals surface area (Å²) >= 11 is 4.72. The summed E-state index contributed by atoms with van der Waals surface area (Å²) in [5.41, 5.74) is 0. The van der Waals surface area contributed by atoms with E-state index >= 15 is 0 Å². The Kier molecular flexibility index (Phi) is 5.45. The summed E-state index contributed by atoms with van der Waals surface area (Å²) in [6.07, 6.45) is 1.50. The predicted octanol–water partition coefficient (Wildman–Crippen LogP) is 1.60. The average molecular weight is 187 g/mol. The van der Waals surface area contributed by atoms with E-state index in [2.05, 4.69) is 4.99 Å². The number of nitrogens with zero attached hydrogens (tertiary/aromatic N) is 1. The fraction of sp³-hybridized carbons (Fsp3) is 0.625. The summed E-state index contributed by atoms with van der Waals surface area (Å²) in [6, 6.07) is 0. The minimum Gasteiger partial charge on any atom is -0.466 e. The van der Waals surface area contributed by atoms with Crippen LogP contribution in [0.5, 0.6) is 0 Å². The Bertz CT molecular complexity index is 201. The molecule has 0 aliphatic carbocycles. The average Bonchev–Trinajstić information content (AvgIpc) is 2.00. The zero-order chi connectivity index (χ0) is 9.56. The van der Waals surface area contributed by atoms with Crippen LogP contribution < -0.4 is 0 Å². The summed E-state index contributed by atoms with van der Waals surface area (Å²) in [5, 5.41) is 0. The molecule has 1 unspecified atom stereocenters. The van der Waals surface area contributed by atoms with Gasteiger partial charge in [0.15, 0.2) is 0 Å². The predicted molar refractivity (Wildman–Crippen MR) is 52.6 cm³/mol. The van der Waals surface area contributed by atoms with E-state index in [1.807, 2.05) is 0 Å². The molecule has 0 saturated carbocycles. The third-order valence-corrected chi connectivity index (χ3v) is 1.24. The molecule has 0 aliphatic rings. The molecule has 3 nitrogen and oxygen atoms in total. The van der Waals surface area contributed by atoms with Crippen molar-refractivity contribution in [1.82, 2.24) is 0 Å². The van der Waals surface area contributed by atoms with Crippen LogP contribution in [0.15, 0.2) is 4.99 Å². The highest BCUT2D eigenvalue weighted by Gasteiger charge is 2.10. The van der Waals surface area contributed by atoms with Gasteiger partial charge in [-0.3, -0.25) is 9.79 Å². The highest BCUT2D eigenvalue weighted by Crippen LogP contribution is 1.95. The Balaban J connectivity index is 3.94. The van der Waals surface area contributed by atoms with E-state index < -0.39 is 0 Å². The van der Waals surface area contributed by atoms with Gasteiger partial charge in [-0.25, -0.2) is 0 Å². The zero-order valence-electron chi connectivity index (χ0n) is 7.53. The number of ether oxygens (including phenoxy) is 1. The largest absolute Gasteiger partial charge is 0.466 e. The molecule has 0 aliphatic heterocycles. The van der Waals surface area contributed by atoms with Crippen LogP contribution in [-0.2, 0) is 9.53 Å². The number of carbonyl (C=O) groups is 1. The monoisotopic (exact) mass is 187 g/mol. The van der Waals surface area contributed by atoms with Crippen LogP contribution in [0.3, 0.4) is 0 Å². The molecule has 12 heavy (non-hydrogen) atoms. The molecule has 4 heteroatoms. The molecule has 0 saturated heterocycles. The smallest absolute Gasteiger partial charge is 0.314 e. The minimum absolute atomic E-state index is 0.266. The molecular formula is C8H13NO2S. The van der Waals surface area contributed by atoms with Crippen molar-refractivity contribution in [1.29, 1.82) is 0 Å². The molecule has 0 spiro atoms. The van der Waals surface area contributed by atoms with Crippen molar-refractivity contribution in [2.75, 3.05) is 6.61 Å². The number of thiocarbonyl (C=S) groups is 1. The van der Waals surface area contributed by atoms with E-state index in [-0.39, 0.29) is 11.9 Å². The molecule has 68 valence electrons. The Morgan fingerprint density at radius 3 is 2.75 bits per heavy atom. The fourth-order valence-corrected chi connectivity index (χ4v) is 0.612. The summed E-state index contributed by atoms with van der Waals surface area (Å²) in [6.45, 7) is 5.59. The van der Waals surface area contributed by atoms with Gasteiger partial charge in [0, 0.05) is 6.21 Å². The summed E-state index contributed by atoms with van der Waals surface area (Å²) < 4.78 is 4.76. The van der Waals surface area contributed by atoms with Crippen LogP contribution in [0.2, 0.25) is 0 Å². The maximum atomic E-state index is 11.0. The third-order valence-electron chi connectivity index (χ3n) is 1.14. The lowest BCUT2D eigenvalue weighted by Crippen LogP contribution is -2.15. The lowest BCUT2D eigenvalue weighted by molar-refractivity contribution is -0.144. The molecule has 0 radical (unpaired) electrons. The molecule has 0 aromatic carbocycles. The van der Waals surface area contributed by atoms with E-state index in [1.165, 1.54) is 6.21 Å². The van der Waals surface area contributed by atoms with Crippen LogP contribution in [0.1, 0.15) is 20.8 Å². The summed E-state index contributed by atoms with van der Waals surface area (Å²) in [5.74, 6) is -0.583. The van der Waals surface area contributed by atoms with Gasteiger partial charge in [-0.05, 0) is 20.8 Å². The first kappa shape index (κ1) is 11.2. The fourth-order valence-electron chi connectivity index (χ4n) is 0.551. The topological polar surface area (TPSA) is 38.7 Å². The highest BCUT2D eigenvalue weighted by atomic mass is 32.1. The molecule has 1 atom stereocenters. The SMILES string of the molecule is CCOC(=O)C(C)C=NC(C)=S. The molecule has 0 fully saturated rings. The first-order valence-electron chi connectivity index (χ1n) is 3.79. The van der Waals surface area contributed by atoms with Gasteiger partial charge in [0.05, 0.1) is 17.5 Å². The molecule has 0 aromatic heterocycles. The van der Waals surface area contributed by atoms with Crippen LogP contribution in [-0.4, -0.2) is 23.8 Å². The van der Waals surface area contributed by atoms with E-state index in [4.69, 9.17) is 17.0 Å². The van der Waals surface area contributed by atoms with Gasteiger partial charge in [-0.2, -0.15) is 0 Å². The van der Waals surface area contributed by atoms with Gasteiger partial charge in [0.1, 0.15) is 0 Å². The van der Waals surface area contributed by atoms with Crippen LogP contribution in [0, 0.1) is 5.92 Å². The van der Waals surface area contributed by atoms with E-state index in [9.17, 15) is 4.79 Å². The van der Waals surface area contributed by atoms with Gasteiger partial charge in [-0.15, -0.1) is 0 Å². The van der Waals surface area contributed by atoms with E-state index in [1.54, 1.807) is 20.8 Å². The quantitative estimate of drug-likeness (QED) is 0.383. The van der Waals surface area contributed by atoms with Crippen molar-refractivity contribution in [3.05, 3.63) is 0 Å². The van der Waals surface area contributed by atoms with Crippen LogP contribution >= 0.6 is 12.2 Å². The van der Waals surface area contributed by atoms with Gasteiger partial charge < -0.3 is 4.74 Å². The maximum Gasteiger partial charge on any atom is 0.314 e. The van der Waals surface area contributed by atoms with Gasteiger partial charge in [0.25, 0.3) is 0 Å².